The molecule has 2 N–H and O–H groups in total. The van der Waals surface area contributed by atoms with Crippen molar-refractivity contribution >= 4 is 9.84 Å². The standard InChI is InChI=1S/C11H16FNO2S/c1-11(2,16(3,14)15)10(13)8-4-6-9(12)7-5-8/h4-7,10H,13H2,1-3H3. The summed E-state index contributed by atoms with van der Waals surface area (Å²) in [5, 5.41) is 0. The molecule has 5 heteroatoms. The average molecular weight is 245 g/mol. The van der Waals surface area contributed by atoms with E-state index in [1.165, 1.54) is 24.3 Å². The van der Waals surface area contributed by atoms with E-state index in [4.69, 9.17) is 5.73 Å². The molecule has 1 aromatic carbocycles. The smallest absolute Gasteiger partial charge is 0.154 e. The van der Waals surface area contributed by atoms with Crippen LogP contribution in [0.4, 0.5) is 4.39 Å². The van der Waals surface area contributed by atoms with Gasteiger partial charge in [-0.2, -0.15) is 0 Å². The molecular formula is C11H16FNO2S. The second-order valence-electron chi connectivity index (χ2n) is 4.40. The summed E-state index contributed by atoms with van der Waals surface area (Å²) in [6, 6.07) is 4.88. The lowest BCUT2D eigenvalue weighted by atomic mass is 9.96. The molecule has 90 valence electrons. The third-order valence-electron chi connectivity index (χ3n) is 2.93. The van der Waals surface area contributed by atoms with Gasteiger partial charge in [-0.15, -0.1) is 0 Å². The number of nitrogens with two attached hydrogens (primary N) is 1. The van der Waals surface area contributed by atoms with E-state index < -0.39 is 20.6 Å². The Morgan fingerprint density at radius 1 is 1.25 bits per heavy atom. The number of halogens is 1. The first-order valence-electron chi connectivity index (χ1n) is 4.87. The van der Waals surface area contributed by atoms with Crippen molar-refractivity contribution in [2.45, 2.75) is 24.6 Å². The van der Waals surface area contributed by atoms with Crippen molar-refractivity contribution in [3.8, 4) is 0 Å². The van der Waals surface area contributed by atoms with E-state index in [1.807, 2.05) is 0 Å². The molecule has 0 saturated heterocycles. The maximum absolute atomic E-state index is 12.7. The van der Waals surface area contributed by atoms with Gasteiger partial charge in [0.15, 0.2) is 9.84 Å². The first-order valence-corrected chi connectivity index (χ1v) is 6.76. The molecule has 0 aliphatic carbocycles. The summed E-state index contributed by atoms with van der Waals surface area (Å²) in [7, 11) is -3.28. The van der Waals surface area contributed by atoms with Crippen molar-refractivity contribution in [2.24, 2.45) is 5.73 Å². The minimum atomic E-state index is -3.28. The minimum absolute atomic E-state index is 0.367. The number of hydrogen-bond acceptors (Lipinski definition) is 3. The number of hydrogen-bond donors (Lipinski definition) is 1. The zero-order chi connectivity index (χ0) is 12.6. The second-order valence-corrected chi connectivity index (χ2v) is 7.00. The topological polar surface area (TPSA) is 60.2 Å². The zero-order valence-electron chi connectivity index (χ0n) is 9.57. The van der Waals surface area contributed by atoms with Crippen LogP contribution in [0, 0.1) is 5.82 Å². The van der Waals surface area contributed by atoms with Gasteiger partial charge in [0.05, 0.1) is 4.75 Å². The van der Waals surface area contributed by atoms with Gasteiger partial charge in [-0.05, 0) is 31.5 Å². The Kier molecular flexibility index (Phi) is 3.40. The first kappa shape index (κ1) is 13.1. The van der Waals surface area contributed by atoms with Gasteiger partial charge in [0, 0.05) is 12.3 Å². The Hall–Kier alpha value is -0.940. The summed E-state index contributed by atoms with van der Waals surface area (Å²) in [4.78, 5) is 0. The number of benzene rings is 1. The molecule has 1 rings (SSSR count). The summed E-state index contributed by atoms with van der Waals surface area (Å²) in [5.74, 6) is -0.367. The molecule has 0 bridgehead atoms. The van der Waals surface area contributed by atoms with Crippen LogP contribution in [-0.4, -0.2) is 19.4 Å². The lowest BCUT2D eigenvalue weighted by molar-refractivity contribution is 0.496. The molecule has 0 spiro atoms. The van der Waals surface area contributed by atoms with E-state index in [2.05, 4.69) is 0 Å². The van der Waals surface area contributed by atoms with Gasteiger partial charge in [0.25, 0.3) is 0 Å². The highest BCUT2D eigenvalue weighted by Gasteiger charge is 2.37. The highest BCUT2D eigenvalue weighted by molar-refractivity contribution is 7.92. The van der Waals surface area contributed by atoms with E-state index in [1.54, 1.807) is 13.8 Å². The SMILES string of the molecule is CC(C)(C(N)c1ccc(F)cc1)S(C)(=O)=O. The Labute approximate surface area is 95.4 Å². The van der Waals surface area contributed by atoms with Crippen molar-refractivity contribution < 1.29 is 12.8 Å². The van der Waals surface area contributed by atoms with Crippen molar-refractivity contribution in [2.75, 3.05) is 6.26 Å². The summed E-state index contributed by atoms with van der Waals surface area (Å²) >= 11 is 0. The number of rotatable bonds is 3. The normalized spacial score (nSPS) is 14.8. The monoisotopic (exact) mass is 245 g/mol. The molecule has 0 radical (unpaired) electrons. The summed E-state index contributed by atoms with van der Waals surface area (Å²) < 4.78 is 34.8. The molecule has 1 atom stereocenters. The van der Waals surface area contributed by atoms with E-state index in [0.717, 1.165) is 6.26 Å². The Morgan fingerprint density at radius 3 is 2.06 bits per heavy atom. The summed E-state index contributed by atoms with van der Waals surface area (Å²) in [6.07, 6.45) is 1.15. The molecule has 0 heterocycles. The predicted molar refractivity (Wildman–Crippen MR) is 62.3 cm³/mol. The second kappa shape index (κ2) is 4.14. The van der Waals surface area contributed by atoms with Crippen LogP contribution in [0.15, 0.2) is 24.3 Å². The Balaban J connectivity index is 3.12. The maximum atomic E-state index is 12.7. The molecule has 1 unspecified atom stereocenters. The Morgan fingerprint density at radius 2 is 1.69 bits per heavy atom. The van der Waals surface area contributed by atoms with Crippen LogP contribution in [0.2, 0.25) is 0 Å². The zero-order valence-corrected chi connectivity index (χ0v) is 10.4. The molecule has 0 fully saturated rings. The van der Waals surface area contributed by atoms with Crippen molar-refractivity contribution in [3.63, 3.8) is 0 Å². The maximum Gasteiger partial charge on any atom is 0.154 e. The van der Waals surface area contributed by atoms with Gasteiger partial charge in [-0.1, -0.05) is 12.1 Å². The van der Waals surface area contributed by atoms with E-state index >= 15 is 0 Å². The van der Waals surface area contributed by atoms with Crippen LogP contribution in [0.5, 0.6) is 0 Å². The lowest BCUT2D eigenvalue weighted by Gasteiger charge is -2.29. The third-order valence-corrected chi connectivity index (χ3v) is 5.10. The molecule has 16 heavy (non-hydrogen) atoms. The van der Waals surface area contributed by atoms with Crippen LogP contribution >= 0.6 is 0 Å². The van der Waals surface area contributed by atoms with Crippen LogP contribution in [0.3, 0.4) is 0 Å². The van der Waals surface area contributed by atoms with Gasteiger partial charge in [-0.3, -0.25) is 0 Å². The van der Waals surface area contributed by atoms with Crippen molar-refractivity contribution in [1.29, 1.82) is 0 Å². The largest absolute Gasteiger partial charge is 0.323 e. The predicted octanol–water partition coefficient (Wildman–Crippen LogP) is 1.65. The molecule has 3 nitrogen and oxygen atoms in total. The molecule has 0 saturated carbocycles. The van der Waals surface area contributed by atoms with E-state index in [0.29, 0.717) is 5.56 Å². The van der Waals surface area contributed by atoms with Crippen LogP contribution < -0.4 is 5.73 Å². The fourth-order valence-electron chi connectivity index (χ4n) is 1.30. The lowest BCUT2D eigenvalue weighted by Crippen LogP contribution is -2.42. The van der Waals surface area contributed by atoms with Crippen molar-refractivity contribution in [3.05, 3.63) is 35.6 Å². The minimum Gasteiger partial charge on any atom is -0.323 e. The number of sulfone groups is 1. The molecule has 0 aromatic heterocycles. The quantitative estimate of drug-likeness (QED) is 0.880. The van der Waals surface area contributed by atoms with Crippen LogP contribution in [-0.2, 0) is 9.84 Å². The van der Waals surface area contributed by atoms with Gasteiger partial charge >= 0.3 is 0 Å². The third kappa shape index (κ3) is 2.41. The average Bonchev–Trinajstić information content (AvgIpc) is 2.16. The van der Waals surface area contributed by atoms with Gasteiger partial charge in [0.1, 0.15) is 5.82 Å². The molecule has 0 amide bonds. The van der Waals surface area contributed by atoms with Crippen LogP contribution in [0.1, 0.15) is 25.5 Å². The summed E-state index contributed by atoms with van der Waals surface area (Å²) in [5.41, 5.74) is 6.52. The van der Waals surface area contributed by atoms with Crippen molar-refractivity contribution in [1.82, 2.24) is 0 Å². The van der Waals surface area contributed by atoms with Crippen LogP contribution in [0.25, 0.3) is 0 Å². The fourth-order valence-corrected chi connectivity index (χ4v) is 1.90. The molecule has 0 aliphatic heterocycles. The highest BCUT2D eigenvalue weighted by Crippen LogP contribution is 2.29. The molecular weight excluding hydrogens is 229 g/mol. The highest BCUT2D eigenvalue weighted by atomic mass is 32.2. The van der Waals surface area contributed by atoms with E-state index in [-0.39, 0.29) is 5.82 Å². The molecule has 0 aliphatic rings. The van der Waals surface area contributed by atoms with E-state index in [9.17, 15) is 12.8 Å². The van der Waals surface area contributed by atoms with Gasteiger partial charge < -0.3 is 5.73 Å². The molecule has 1 aromatic rings. The Bertz CT molecular complexity index is 465. The van der Waals surface area contributed by atoms with Gasteiger partial charge in [-0.25, -0.2) is 12.8 Å². The van der Waals surface area contributed by atoms with Gasteiger partial charge in [0.2, 0.25) is 0 Å². The summed E-state index contributed by atoms with van der Waals surface area (Å²) in [6.45, 7) is 3.13. The first-order chi connectivity index (χ1) is 7.16. The fraction of sp³-hybridized carbons (Fsp3) is 0.455.